The van der Waals surface area contributed by atoms with Crippen LogP contribution in [0.15, 0.2) is 0 Å². The number of carbonyl (C=O) groups is 2. The minimum absolute atomic E-state index is 0.0379. The Hall–Kier alpha value is -1.34. The van der Waals surface area contributed by atoms with Gasteiger partial charge in [-0.1, -0.05) is 0 Å². The van der Waals surface area contributed by atoms with Gasteiger partial charge in [-0.05, 0) is 26.9 Å². The van der Waals surface area contributed by atoms with E-state index in [1.54, 1.807) is 4.90 Å². The Bertz CT molecular complexity index is 382. The van der Waals surface area contributed by atoms with Crippen molar-refractivity contribution >= 4 is 12.0 Å². The Morgan fingerprint density at radius 3 is 2.75 bits per heavy atom. The van der Waals surface area contributed by atoms with Gasteiger partial charge < -0.3 is 25.0 Å². The van der Waals surface area contributed by atoms with E-state index in [1.165, 1.54) is 0 Å². The van der Waals surface area contributed by atoms with Crippen LogP contribution in [0.2, 0.25) is 0 Å². The summed E-state index contributed by atoms with van der Waals surface area (Å²) in [5, 5.41) is 12.0. The topological polar surface area (TPSA) is 82.1 Å². The molecular weight excluding hydrogens is 262 g/mol. The van der Waals surface area contributed by atoms with Crippen molar-refractivity contribution in [1.29, 1.82) is 0 Å². The van der Waals surface area contributed by atoms with Gasteiger partial charge >= 0.3 is 12.0 Å². The average Bonchev–Trinajstić information content (AvgIpc) is 2.77. The van der Waals surface area contributed by atoms with Crippen LogP contribution in [0, 0.1) is 0 Å². The molecule has 0 aromatic rings. The van der Waals surface area contributed by atoms with E-state index in [-0.39, 0.29) is 18.7 Å². The monoisotopic (exact) mass is 285 g/mol. The first kappa shape index (κ1) is 15.1. The van der Waals surface area contributed by atoms with E-state index in [1.807, 2.05) is 14.0 Å². The molecular formula is C13H23N3O4. The number of ether oxygens (including phenoxy) is 1. The zero-order valence-corrected chi connectivity index (χ0v) is 12.1. The maximum absolute atomic E-state index is 12.4. The molecule has 2 unspecified atom stereocenters. The van der Waals surface area contributed by atoms with Crippen molar-refractivity contribution in [1.82, 2.24) is 15.1 Å². The molecule has 20 heavy (non-hydrogen) atoms. The first-order valence-electron chi connectivity index (χ1n) is 7.03. The van der Waals surface area contributed by atoms with E-state index in [4.69, 9.17) is 4.74 Å². The molecule has 2 aliphatic heterocycles. The van der Waals surface area contributed by atoms with Gasteiger partial charge in [0.1, 0.15) is 0 Å². The van der Waals surface area contributed by atoms with E-state index >= 15 is 0 Å². The van der Waals surface area contributed by atoms with Crippen LogP contribution in [0.25, 0.3) is 0 Å². The number of carboxylic acids is 1. The lowest BCUT2D eigenvalue weighted by Gasteiger charge is -2.32. The van der Waals surface area contributed by atoms with Crippen LogP contribution < -0.4 is 5.32 Å². The first-order valence-corrected chi connectivity index (χ1v) is 7.03. The molecule has 2 rings (SSSR count). The summed E-state index contributed by atoms with van der Waals surface area (Å²) in [4.78, 5) is 27.7. The Kier molecular flexibility index (Phi) is 4.49. The SMILES string of the molecule is CC1CN(C)CCCN1C(=O)NC1(C(=O)O)CCOC1. The third-order valence-electron chi connectivity index (χ3n) is 4.08. The van der Waals surface area contributed by atoms with E-state index in [0.29, 0.717) is 19.6 Å². The molecule has 0 aliphatic carbocycles. The summed E-state index contributed by atoms with van der Waals surface area (Å²) in [6.45, 7) is 4.78. The van der Waals surface area contributed by atoms with E-state index in [0.717, 1.165) is 19.5 Å². The van der Waals surface area contributed by atoms with Gasteiger partial charge in [0.05, 0.1) is 6.61 Å². The van der Waals surface area contributed by atoms with Crippen molar-refractivity contribution in [2.24, 2.45) is 0 Å². The van der Waals surface area contributed by atoms with E-state index in [9.17, 15) is 14.7 Å². The van der Waals surface area contributed by atoms with Crippen molar-refractivity contribution in [2.45, 2.75) is 31.3 Å². The molecule has 7 heteroatoms. The number of aliphatic carboxylic acids is 1. The fraction of sp³-hybridized carbons (Fsp3) is 0.846. The van der Waals surface area contributed by atoms with Gasteiger partial charge in [0.25, 0.3) is 0 Å². The molecule has 0 spiro atoms. The summed E-state index contributed by atoms with van der Waals surface area (Å²) in [5.74, 6) is -1.03. The Morgan fingerprint density at radius 2 is 2.15 bits per heavy atom. The predicted octanol–water partition coefficient (Wildman–Crippen LogP) is -0.0343. The number of carbonyl (C=O) groups excluding carboxylic acids is 1. The van der Waals surface area contributed by atoms with Crippen molar-refractivity contribution in [3.63, 3.8) is 0 Å². The molecule has 2 N–H and O–H groups in total. The molecule has 2 fully saturated rings. The van der Waals surface area contributed by atoms with Crippen LogP contribution in [0.5, 0.6) is 0 Å². The fourth-order valence-electron chi connectivity index (χ4n) is 2.84. The Morgan fingerprint density at radius 1 is 1.40 bits per heavy atom. The molecule has 7 nitrogen and oxygen atoms in total. The molecule has 0 bridgehead atoms. The van der Waals surface area contributed by atoms with E-state index < -0.39 is 11.5 Å². The van der Waals surface area contributed by atoms with Crippen LogP contribution in [0.3, 0.4) is 0 Å². The minimum atomic E-state index is -1.27. The maximum atomic E-state index is 12.4. The molecule has 2 heterocycles. The molecule has 2 aliphatic rings. The van der Waals surface area contributed by atoms with Crippen LogP contribution in [-0.4, -0.2) is 78.4 Å². The number of rotatable bonds is 2. The van der Waals surface area contributed by atoms with Crippen molar-refractivity contribution in [3.05, 3.63) is 0 Å². The van der Waals surface area contributed by atoms with Crippen molar-refractivity contribution < 1.29 is 19.4 Å². The molecule has 2 saturated heterocycles. The third kappa shape index (κ3) is 3.04. The normalized spacial score (nSPS) is 31.9. The van der Waals surface area contributed by atoms with Crippen LogP contribution >= 0.6 is 0 Å². The molecule has 2 amide bonds. The molecule has 0 radical (unpaired) electrons. The first-order chi connectivity index (χ1) is 9.44. The smallest absolute Gasteiger partial charge is 0.332 e. The van der Waals surface area contributed by atoms with Crippen LogP contribution in [0.4, 0.5) is 4.79 Å². The lowest BCUT2D eigenvalue weighted by Crippen LogP contribution is -2.60. The number of hydrogen-bond donors (Lipinski definition) is 2. The lowest BCUT2D eigenvalue weighted by molar-refractivity contribution is -0.144. The van der Waals surface area contributed by atoms with Crippen molar-refractivity contribution in [3.8, 4) is 0 Å². The van der Waals surface area contributed by atoms with Gasteiger partial charge in [-0.15, -0.1) is 0 Å². The third-order valence-corrected chi connectivity index (χ3v) is 4.08. The zero-order valence-electron chi connectivity index (χ0n) is 12.1. The number of hydrogen-bond acceptors (Lipinski definition) is 4. The van der Waals surface area contributed by atoms with Gasteiger partial charge in [0.15, 0.2) is 5.54 Å². The molecule has 2 atom stereocenters. The summed E-state index contributed by atoms with van der Waals surface area (Å²) in [6, 6.07) is -0.239. The van der Waals surface area contributed by atoms with Gasteiger partial charge in [-0.2, -0.15) is 0 Å². The fourth-order valence-corrected chi connectivity index (χ4v) is 2.84. The Labute approximate surface area is 118 Å². The van der Waals surface area contributed by atoms with Crippen LogP contribution in [0.1, 0.15) is 19.8 Å². The minimum Gasteiger partial charge on any atom is -0.479 e. The number of nitrogens with zero attached hydrogens (tertiary/aromatic N) is 2. The van der Waals surface area contributed by atoms with Crippen LogP contribution in [-0.2, 0) is 9.53 Å². The molecule has 0 saturated carbocycles. The second-order valence-corrected chi connectivity index (χ2v) is 5.78. The number of urea groups is 1. The quantitative estimate of drug-likeness (QED) is 0.744. The molecule has 0 aromatic carbocycles. The summed E-state index contributed by atoms with van der Waals surface area (Å²) in [6.07, 6.45) is 1.21. The summed E-state index contributed by atoms with van der Waals surface area (Å²) < 4.78 is 5.16. The molecule has 114 valence electrons. The second kappa shape index (κ2) is 5.97. The van der Waals surface area contributed by atoms with Gasteiger partial charge in [-0.3, -0.25) is 0 Å². The highest BCUT2D eigenvalue weighted by molar-refractivity contribution is 5.86. The Balaban J connectivity index is 2.04. The van der Waals surface area contributed by atoms with E-state index in [2.05, 4.69) is 10.2 Å². The van der Waals surface area contributed by atoms with Crippen molar-refractivity contribution in [2.75, 3.05) is 39.9 Å². The predicted molar refractivity (Wildman–Crippen MR) is 72.6 cm³/mol. The van der Waals surface area contributed by atoms with Gasteiger partial charge in [-0.25, -0.2) is 9.59 Å². The number of nitrogens with one attached hydrogen (secondary N) is 1. The number of likely N-dealkylation sites (N-methyl/N-ethyl adjacent to an activating group) is 1. The largest absolute Gasteiger partial charge is 0.479 e. The highest BCUT2D eigenvalue weighted by Gasteiger charge is 2.45. The molecule has 0 aromatic heterocycles. The highest BCUT2D eigenvalue weighted by Crippen LogP contribution is 2.20. The summed E-state index contributed by atoms with van der Waals surface area (Å²) in [5.41, 5.74) is -1.27. The maximum Gasteiger partial charge on any atom is 0.332 e. The number of amides is 2. The highest BCUT2D eigenvalue weighted by atomic mass is 16.5. The van der Waals surface area contributed by atoms with Gasteiger partial charge in [0, 0.05) is 32.2 Å². The average molecular weight is 285 g/mol. The summed E-state index contributed by atoms with van der Waals surface area (Å²) in [7, 11) is 2.03. The summed E-state index contributed by atoms with van der Waals surface area (Å²) >= 11 is 0. The second-order valence-electron chi connectivity index (χ2n) is 5.78. The van der Waals surface area contributed by atoms with Gasteiger partial charge in [0.2, 0.25) is 0 Å². The number of carboxylic acid groups (broad SMARTS) is 1. The standard InChI is InChI=1S/C13H23N3O4/c1-10-8-15(2)5-3-6-16(10)12(19)14-13(11(17)18)4-7-20-9-13/h10H,3-9H2,1-2H3,(H,14,19)(H,17,18). The zero-order chi connectivity index (χ0) is 14.8. The lowest BCUT2D eigenvalue weighted by atomic mass is 9.99.